The predicted molar refractivity (Wildman–Crippen MR) is 176 cm³/mol. The summed E-state index contributed by atoms with van der Waals surface area (Å²) in [6, 6.07) is 9.50. The van der Waals surface area contributed by atoms with E-state index < -0.39 is 0 Å². The summed E-state index contributed by atoms with van der Waals surface area (Å²) < 4.78 is 10.9. The second-order valence-corrected chi connectivity index (χ2v) is 14.0. The standard InChI is InChI=1S/C39H60O3/c1-5-6-7-9-30-11-13-31(14-12-30)32-15-17-33(18-16-32)34-19-21-35(22-20-34)36-23-25-37(26-24-36)38(28-41-4)10-8-27-42-39(40)29(2)3/h11-15,33-38H,2,5-10,16-28H2,1,3-4H3. The molecule has 3 heteroatoms. The van der Waals surface area contributed by atoms with Gasteiger partial charge in [0, 0.05) is 19.3 Å². The topological polar surface area (TPSA) is 35.5 Å². The normalized spacial score (nSPS) is 27.2. The van der Waals surface area contributed by atoms with Gasteiger partial charge in [-0.1, -0.05) is 56.7 Å². The Morgan fingerprint density at radius 2 is 1.52 bits per heavy atom. The molecule has 0 radical (unpaired) electrons. The number of hydrogen-bond donors (Lipinski definition) is 0. The van der Waals surface area contributed by atoms with Gasteiger partial charge in [-0.3, -0.25) is 0 Å². The summed E-state index contributed by atoms with van der Waals surface area (Å²) in [5.41, 5.74) is 5.04. The number of hydrogen-bond acceptors (Lipinski definition) is 3. The third kappa shape index (κ3) is 9.83. The molecule has 0 heterocycles. The van der Waals surface area contributed by atoms with E-state index in [1.54, 1.807) is 12.5 Å². The van der Waals surface area contributed by atoms with Crippen LogP contribution < -0.4 is 0 Å². The molecule has 0 saturated heterocycles. The maximum Gasteiger partial charge on any atom is 0.333 e. The molecule has 0 spiro atoms. The van der Waals surface area contributed by atoms with E-state index in [4.69, 9.17) is 9.47 Å². The molecule has 0 bridgehead atoms. The van der Waals surface area contributed by atoms with Crippen molar-refractivity contribution in [2.75, 3.05) is 20.3 Å². The van der Waals surface area contributed by atoms with Crippen LogP contribution in [0, 0.1) is 35.5 Å². The van der Waals surface area contributed by atoms with E-state index in [1.807, 2.05) is 7.11 Å². The highest BCUT2D eigenvalue weighted by atomic mass is 16.5. The lowest BCUT2D eigenvalue weighted by atomic mass is 9.64. The number of unbranched alkanes of at least 4 members (excludes halogenated alkanes) is 2. The van der Waals surface area contributed by atoms with Crippen molar-refractivity contribution in [1.29, 1.82) is 0 Å². The van der Waals surface area contributed by atoms with Crippen molar-refractivity contribution in [1.82, 2.24) is 0 Å². The summed E-state index contributed by atoms with van der Waals surface area (Å²) >= 11 is 0. The number of ether oxygens (including phenoxy) is 2. The summed E-state index contributed by atoms with van der Waals surface area (Å²) in [6.07, 6.45) is 25.0. The third-order valence-electron chi connectivity index (χ3n) is 11.2. The number of methoxy groups -OCH3 is 1. The fourth-order valence-corrected chi connectivity index (χ4v) is 8.49. The molecule has 2 saturated carbocycles. The Bertz CT molecular complexity index is 975. The van der Waals surface area contributed by atoms with E-state index in [0.29, 0.717) is 18.1 Å². The maximum absolute atomic E-state index is 11.7. The van der Waals surface area contributed by atoms with E-state index in [0.717, 1.165) is 49.0 Å². The monoisotopic (exact) mass is 576 g/mol. The van der Waals surface area contributed by atoms with Crippen LogP contribution in [0.4, 0.5) is 0 Å². The van der Waals surface area contributed by atoms with Gasteiger partial charge in [0.05, 0.1) is 6.61 Å². The SMILES string of the molecule is C=C(C)C(=O)OCCCC(COC)C1CCC(C2CCC(C3CC=C(c4ccc(CCCCC)cc4)CC3)CC2)CC1. The molecule has 0 aromatic heterocycles. The van der Waals surface area contributed by atoms with E-state index in [-0.39, 0.29) is 5.97 Å². The zero-order valence-electron chi connectivity index (χ0n) is 27.2. The van der Waals surface area contributed by atoms with Gasteiger partial charge in [0.2, 0.25) is 0 Å². The largest absolute Gasteiger partial charge is 0.462 e. The highest BCUT2D eigenvalue weighted by Crippen LogP contribution is 2.47. The van der Waals surface area contributed by atoms with Gasteiger partial charge in [-0.05, 0) is 155 Å². The molecule has 1 aromatic rings. The number of esters is 1. The molecule has 1 aromatic carbocycles. The van der Waals surface area contributed by atoms with Gasteiger partial charge in [-0.15, -0.1) is 0 Å². The Balaban J connectivity index is 1.15. The van der Waals surface area contributed by atoms with Crippen LogP contribution in [0.2, 0.25) is 0 Å². The average Bonchev–Trinajstić information content (AvgIpc) is 3.03. The summed E-state index contributed by atoms with van der Waals surface area (Å²) in [6.45, 7) is 8.98. The molecule has 2 atom stereocenters. The van der Waals surface area contributed by atoms with Crippen molar-refractivity contribution in [2.45, 2.75) is 123 Å². The molecule has 0 N–H and O–H groups in total. The lowest BCUT2D eigenvalue weighted by Crippen LogP contribution is -2.31. The fraction of sp³-hybridized carbons (Fsp3) is 0.718. The van der Waals surface area contributed by atoms with Crippen LogP contribution in [0.3, 0.4) is 0 Å². The van der Waals surface area contributed by atoms with Gasteiger partial charge in [0.1, 0.15) is 0 Å². The van der Waals surface area contributed by atoms with E-state index in [1.165, 1.54) is 107 Å². The van der Waals surface area contributed by atoms with Crippen molar-refractivity contribution >= 4 is 11.5 Å². The molecule has 3 aliphatic rings. The minimum atomic E-state index is -0.267. The Hall–Kier alpha value is -1.87. The zero-order valence-corrected chi connectivity index (χ0v) is 27.2. The first-order chi connectivity index (χ1) is 20.5. The van der Waals surface area contributed by atoms with Gasteiger partial charge in [0.25, 0.3) is 0 Å². The highest BCUT2D eigenvalue weighted by molar-refractivity contribution is 5.86. The zero-order chi connectivity index (χ0) is 29.7. The van der Waals surface area contributed by atoms with Gasteiger partial charge in [0.15, 0.2) is 0 Å². The van der Waals surface area contributed by atoms with E-state index in [2.05, 4.69) is 43.8 Å². The minimum absolute atomic E-state index is 0.267. The molecule has 2 fully saturated rings. The minimum Gasteiger partial charge on any atom is -0.462 e. The van der Waals surface area contributed by atoms with Gasteiger partial charge < -0.3 is 9.47 Å². The van der Waals surface area contributed by atoms with Crippen molar-refractivity contribution in [2.24, 2.45) is 35.5 Å². The quantitative estimate of drug-likeness (QED) is 0.118. The molecule has 2 unspecified atom stereocenters. The molecule has 4 rings (SSSR count). The molecular weight excluding hydrogens is 516 g/mol. The number of carbonyl (C=O) groups excluding carboxylic acids is 1. The molecule has 42 heavy (non-hydrogen) atoms. The number of rotatable bonds is 15. The van der Waals surface area contributed by atoms with Crippen molar-refractivity contribution in [3.8, 4) is 0 Å². The third-order valence-corrected chi connectivity index (χ3v) is 11.2. The van der Waals surface area contributed by atoms with Crippen LogP contribution in [-0.4, -0.2) is 26.3 Å². The van der Waals surface area contributed by atoms with Gasteiger partial charge >= 0.3 is 5.97 Å². The van der Waals surface area contributed by atoms with Crippen LogP contribution in [0.1, 0.15) is 128 Å². The van der Waals surface area contributed by atoms with Crippen molar-refractivity contribution in [3.63, 3.8) is 0 Å². The first-order valence-corrected chi connectivity index (χ1v) is 17.6. The van der Waals surface area contributed by atoms with E-state index in [9.17, 15) is 4.79 Å². The Morgan fingerprint density at radius 1 is 0.881 bits per heavy atom. The summed E-state index contributed by atoms with van der Waals surface area (Å²) in [4.78, 5) is 11.7. The summed E-state index contributed by atoms with van der Waals surface area (Å²) in [5, 5.41) is 0. The average molecular weight is 577 g/mol. The molecule has 0 amide bonds. The predicted octanol–water partition coefficient (Wildman–Crippen LogP) is 10.4. The molecule has 234 valence electrons. The molecule has 3 aliphatic carbocycles. The Kier molecular flexibility index (Phi) is 13.7. The smallest absolute Gasteiger partial charge is 0.333 e. The molecule has 0 aliphatic heterocycles. The number of benzene rings is 1. The lowest BCUT2D eigenvalue weighted by Gasteiger charge is -2.41. The Morgan fingerprint density at radius 3 is 2.10 bits per heavy atom. The van der Waals surface area contributed by atoms with Crippen molar-refractivity contribution < 1.29 is 14.3 Å². The second kappa shape index (κ2) is 17.4. The summed E-state index contributed by atoms with van der Waals surface area (Å²) in [7, 11) is 1.83. The first-order valence-electron chi connectivity index (χ1n) is 17.6. The molecular formula is C39H60O3. The fourth-order valence-electron chi connectivity index (χ4n) is 8.49. The van der Waals surface area contributed by atoms with Crippen LogP contribution in [0.15, 0.2) is 42.5 Å². The van der Waals surface area contributed by atoms with E-state index >= 15 is 0 Å². The maximum atomic E-state index is 11.7. The van der Waals surface area contributed by atoms with Crippen molar-refractivity contribution in [3.05, 3.63) is 53.6 Å². The van der Waals surface area contributed by atoms with Crippen LogP contribution in [0.5, 0.6) is 0 Å². The highest BCUT2D eigenvalue weighted by Gasteiger charge is 2.35. The van der Waals surface area contributed by atoms with Gasteiger partial charge in [-0.2, -0.15) is 0 Å². The van der Waals surface area contributed by atoms with Gasteiger partial charge in [-0.25, -0.2) is 4.79 Å². The Labute approximate surface area is 257 Å². The molecule has 3 nitrogen and oxygen atoms in total. The van der Waals surface area contributed by atoms with Crippen LogP contribution >= 0.6 is 0 Å². The summed E-state index contributed by atoms with van der Waals surface area (Å²) in [5.74, 6) is 4.82. The second-order valence-electron chi connectivity index (χ2n) is 14.0. The lowest BCUT2D eigenvalue weighted by molar-refractivity contribution is -0.139. The first kappa shape index (κ1) is 33.0. The number of allylic oxidation sites excluding steroid dienone is 2. The van der Waals surface area contributed by atoms with Crippen LogP contribution in [0.25, 0.3) is 5.57 Å². The number of carbonyl (C=O) groups is 1. The number of aryl methyl sites for hydroxylation is 1. The van der Waals surface area contributed by atoms with Crippen LogP contribution in [-0.2, 0) is 20.7 Å².